The molecule has 0 bridgehead atoms. The summed E-state index contributed by atoms with van der Waals surface area (Å²) >= 11 is 0. The lowest BCUT2D eigenvalue weighted by atomic mass is 10.1. The molecule has 1 aromatic carbocycles. The van der Waals surface area contributed by atoms with Crippen LogP contribution in [0.4, 0.5) is 0 Å². The molecule has 0 spiro atoms. The molecular formula is C16H27N3O. The van der Waals surface area contributed by atoms with Crippen LogP contribution in [-0.4, -0.2) is 32.8 Å². The topological polar surface area (TPSA) is 45.7 Å². The van der Waals surface area contributed by atoms with E-state index in [9.17, 15) is 0 Å². The molecule has 1 rings (SSSR count). The third kappa shape index (κ3) is 7.79. The van der Waals surface area contributed by atoms with Gasteiger partial charge in [-0.05, 0) is 17.9 Å². The SMILES string of the molecule is CN=C(NCCOCCC(C)C)NCc1ccccc1. The van der Waals surface area contributed by atoms with Crippen molar-refractivity contribution in [3.8, 4) is 0 Å². The van der Waals surface area contributed by atoms with Crippen molar-refractivity contribution in [3.05, 3.63) is 35.9 Å². The van der Waals surface area contributed by atoms with E-state index in [0.29, 0.717) is 12.5 Å². The van der Waals surface area contributed by atoms with Crippen molar-refractivity contribution in [2.75, 3.05) is 26.8 Å². The number of hydrogen-bond donors (Lipinski definition) is 2. The smallest absolute Gasteiger partial charge is 0.191 e. The van der Waals surface area contributed by atoms with Crippen LogP contribution in [0.25, 0.3) is 0 Å². The van der Waals surface area contributed by atoms with Crippen LogP contribution in [0.3, 0.4) is 0 Å². The molecule has 0 aliphatic rings. The first-order valence-corrected chi connectivity index (χ1v) is 7.28. The Morgan fingerprint density at radius 3 is 2.55 bits per heavy atom. The van der Waals surface area contributed by atoms with Crippen molar-refractivity contribution in [2.24, 2.45) is 10.9 Å². The summed E-state index contributed by atoms with van der Waals surface area (Å²) in [6.07, 6.45) is 1.11. The van der Waals surface area contributed by atoms with Gasteiger partial charge in [-0.15, -0.1) is 0 Å². The molecule has 0 saturated heterocycles. The Morgan fingerprint density at radius 1 is 1.15 bits per heavy atom. The first kappa shape index (κ1) is 16.5. The molecule has 4 nitrogen and oxygen atoms in total. The standard InChI is InChI=1S/C16H27N3O/c1-14(2)9-11-20-12-10-18-16(17-3)19-13-15-7-5-4-6-8-15/h4-8,14H,9-13H2,1-3H3,(H2,17,18,19). The number of nitrogens with one attached hydrogen (secondary N) is 2. The second-order valence-electron chi connectivity index (χ2n) is 5.13. The average molecular weight is 277 g/mol. The predicted octanol–water partition coefficient (Wildman–Crippen LogP) is 2.41. The number of benzene rings is 1. The fraction of sp³-hybridized carbons (Fsp3) is 0.562. The monoisotopic (exact) mass is 277 g/mol. The normalized spacial score (nSPS) is 11.7. The zero-order valence-electron chi connectivity index (χ0n) is 12.9. The van der Waals surface area contributed by atoms with Gasteiger partial charge >= 0.3 is 0 Å². The van der Waals surface area contributed by atoms with Crippen LogP contribution in [0.5, 0.6) is 0 Å². The van der Waals surface area contributed by atoms with Crippen LogP contribution in [-0.2, 0) is 11.3 Å². The van der Waals surface area contributed by atoms with E-state index in [0.717, 1.165) is 32.1 Å². The maximum atomic E-state index is 5.56. The Hall–Kier alpha value is -1.55. The minimum absolute atomic E-state index is 0.697. The molecule has 0 amide bonds. The lowest BCUT2D eigenvalue weighted by Gasteiger charge is -2.12. The zero-order chi connectivity index (χ0) is 14.6. The molecule has 0 atom stereocenters. The van der Waals surface area contributed by atoms with Crippen LogP contribution in [0.15, 0.2) is 35.3 Å². The molecule has 0 aromatic heterocycles. The summed E-state index contributed by atoms with van der Waals surface area (Å²) in [6.45, 7) is 7.49. The van der Waals surface area contributed by atoms with Gasteiger partial charge in [-0.25, -0.2) is 0 Å². The number of guanidine groups is 1. The second-order valence-corrected chi connectivity index (χ2v) is 5.13. The molecule has 0 aliphatic heterocycles. The molecule has 20 heavy (non-hydrogen) atoms. The molecule has 4 heteroatoms. The van der Waals surface area contributed by atoms with Gasteiger partial charge in [0.05, 0.1) is 6.61 Å². The highest BCUT2D eigenvalue weighted by molar-refractivity contribution is 5.79. The Morgan fingerprint density at radius 2 is 1.90 bits per heavy atom. The largest absolute Gasteiger partial charge is 0.380 e. The van der Waals surface area contributed by atoms with E-state index in [2.05, 4.69) is 41.6 Å². The summed E-state index contributed by atoms with van der Waals surface area (Å²) in [5.41, 5.74) is 1.24. The molecule has 0 aliphatic carbocycles. The molecule has 112 valence electrons. The molecule has 0 saturated carbocycles. The van der Waals surface area contributed by atoms with E-state index < -0.39 is 0 Å². The highest BCUT2D eigenvalue weighted by atomic mass is 16.5. The number of hydrogen-bond acceptors (Lipinski definition) is 2. The third-order valence-corrected chi connectivity index (χ3v) is 2.90. The fourth-order valence-electron chi connectivity index (χ4n) is 1.66. The van der Waals surface area contributed by atoms with Crippen LogP contribution in [0, 0.1) is 5.92 Å². The minimum Gasteiger partial charge on any atom is -0.380 e. The number of nitrogens with zero attached hydrogens (tertiary/aromatic N) is 1. The number of ether oxygens (including phenoxy) is 1. The highest BCUT2D eigenvalue weighted by Crippen LogP contribution is 1.98. The fourth-order valence-corrected chi connectivity index (χ4v) is 1.66. The Labute approximate surface area is 122 Å². The van der Waals surface area contributed by atoms with Gasteiger partial charge in [-0.2, -0.15) is 0 Å². The van der Waals surface area contributed by atoms with E-state index in [1.54, 1.807) is 7.05 Å². The van der Waals surface area contributed by atoms with Gasteiger partial charge in [0, 0.05) is 26.7 Å². The van der Waals surface area contributed by atoms with Crippen molar-refractivity contribution in [1.82, 2.24) is 10.6 Å². The highest BCUT2D eigenvalue weighted by Gasteiger charge is 1.98. The first-order valence-electron chi connectivity index (χ1n) is 7.28. The van der Waals surface area contributed by atoms with Gasteiger partial charge < -0.3 is 15.4 Å². The predicted molar refractivity (Wildman–Crippen MR) is 84.9 cm³/mol. The van der Waals surface area contributed by atoms with E-state index in [1.807, 2.05) is 18.2 Å². The van der Waals surface area contributed by atoms with Gasteiger partial charge in [-0.3, -0.25) is 4.99 Å². The van der Waals surface area contributed by atoms with Crippen molar-refractivity contribution in [3.63, 3.8) is 0 Å². The number of aliphatic imine (C=N–C) groups is 1. The Bertz CT molecular complexity index is 377. The summed E-state index contributed by atoms with van der Waals surface area (Å²) in [7, 11) is 1.78. The summed E-state index contributed by atoms with van der Waals surface area (Å²) in [5.74, 6) is 1.50. The molecule has 1 aromatic rings. The van der Waals surface area contributed by atoms with Crippen LogP contribution >= 0.6 is 0 Å². The van der Waals surface area contributed by atoms with Crippen molar-refractivity contribution < 1.29 is 4.74 Å². The Kier molecular flexibility index (Phi) is 8.47. The van der Waals surface area contributed by atoms with Gasteiger partial charge in [-0.1, -0.05) is 44.2 Å². The van der Waals surface area contributed by atoms with Crippen LogP contribution in [0.2, 0.25) is 0 Å². The maximum absolute atomic E-state index is 5.56. The molecule has 0 radical (unpaired) electrons. The van der Waals surface area contributed by atoms with E-state index in [-0.39, 0.29) is 0 Å². The van der Waals surface area contributed by atoms with E-state index in [4.69, 9.17) is 4.74 Å². The van der Waals surface area contributed by atoms with Crippen molar-refractivity contribution >= 4 is 5.96 Å². The quantitative estimate of drug-likeness (QED) is 0.436. The van der Waals surface area contributed by atoms with Crippen molar-refractivity contribution in [1.29, 1.82) is 0 Å². The summed E-state index contributed by atoms with van der Waals surface area (Å²) < 4.78 is 5.56. The molecule has 0 unspecified atom stereocenters. The van der Waals surface area contributed by atoms with E-state index in [1.165, 1.54) is 5.56 Å². The maximum Gasteiger partial charge on any atom is 0.191 e. The summed E-state index contributed by atoms with van der Waals surface area (Å²) in [4.78, 5) is 4.19. The van der Waals surface area contributed by atoms with Crippen LogP contribution < -0.4 is 10.6 Å². The second kappa shape index (κ2) is 10.3. The van der Waals surface area contributed by atoms with E-state index >= 15 is 0 Å². The summed E-state index contributed by atoms with van der Waals surface area (Å²) in [5, 5.41) is 6.52. The zero-order valence-corrected chi connectivity index (χ0v) is 12.9. The van der Waals surface area contributed by atoms with Gasteiger partial charge in [0.2, 0.25) is 0 Å². The van der Waals surface area contributed by atoms with Gasteiger partial charge in [0.15, 0.2) is 5.96 Å². The molecule has 0 fully saturated rings. The van der Waals surface area contributed by atoms with Gasteiger partial charge in [0.1, 0.15) is 0 Å². The molecule has 2 N–H and O–H groups in total. The van der Waals surface area contributed by atoms with Gasteiger partial charge in [0.25, 0.3) is 0 Å². The lowest BCUT2D eigenvalue weighted by Crippen LogP contribution is -2.38. The number of rotatable bonds is 8. The first-order chi connectivity index (χ1) is 9.72. The summed E-state index contributed by atoms with van der Waals surface area (Å²) in [6, 6.07) is 10.3. The third-order valence-electron chi connectivity index (χ3n) is 2.90. The molecular weight excluding hydrogens is 250 g/mol. The Balaban J connectivity index is 2.11. The van der Waals surface area contributed by atoms with Crippen molar-refractivity contribution in [2.45, 2.75) is 26.8 Å². The lowest BCUT2D eigenvalue weighted by molar-refractivity contribution is 0.128. The van der Waals surface area contributed by atoms with Crippen LogP contribution in [0.1, 0.15) is 25.8 Å². The minimum atomic E-state index is 0.697. The average Bonchev–Trinajstić information content (AvgIpc) is 2.46. The molecule has 0 heterocycles.